The maximum Gasteiger partial charge on any atom is 0.407 e. The normalized spacial score (nSPS) is 16.2. The van der Waals surface area contributed by atoms with E-state index in [-0.39, 0.29) is 61.1 Å². The first kappa shape index (κ1) is 24.0. The number of methoxy groups -OCH3 is 1. The Kier molecular flexibility index (Phi) is 6.89. The number of nitrogens with one attached hydrogen (secondary N) is 3. The summed E-state index contributed by atoms with van der Waals surface area (Å²) in [4.78, 5) is 57.0. The van der Waals surface area contributed by atoms with Gasteiger partial charge in [0.2, 0.25) is 5.91 Å². The second-order valence-corrected chi connectivity index (χ2v) is 10.3. The van der Waals surface area contributed by atoms with Gasteiger partial charge in [0.1, 0.15) is 9.88 Å². The van der Waals surface area contributed by atoms with Crippen LogP contribution >= 0.6 is 11.3 Å². The van der Waals surface area contributed by atoms with E-state index in [9.17, 15) is 19.2 Å². The van der Waals surface area contributed by atoms with Gasteiger partial charge in [0, 0.05) is 49.3 Å². The fraction of sp³-hybridized carbons (Fsp3) is 0.346. The molecule has 2 fully saturated rings. The van der Waals surface area contributed by atoms with Crippen molar-refractivity contribution in [2.45, 2.75) is 12.8 Å². The lowest BCUT2D eigenvalue weighted by molar-refractivity contribution is -0.117. The number of amides is 4. The average molecular weight is 584 g/mol. The van der Waals surface area contributed by atoms with Gasteiger partial charge in [-0.1, -0.05) is 6.07 Å². The van der Waals surface area contributed by atoms with Gasteiger partial charge in [-0.3, -0.25) is 14.4 Å². The lowest BCUT2D eigenvalue weighted by Crippen LogP contribution is -2.50. The quantitative estimate of drug-likeness (QED) is 0.308. The molecule has 3 aromatic rings. The van der Waals surface area contributed by atoms with E-state index in [2.05, 4.69) is 25.8 Å². The second kappa shape index (κ2) is 11.8. The summed E-state index contributed by atoms with van der Waals surface area (Å²) >= 11 is 1.14. The van der Waals surface area contributed by atoms with Crippen LogP contribution in [0.2, 0.25) is 0 Å². The predicted octanol–water partition coefficient (Wildman–Crippen LogP) is 2.50. The zero-order valence-corrected chi connectivity index (χ0v) is 22.7. The molecule has 0 unspecified atom stereocenters. The van der Waals surface area contributed by atoms with Gasteiger partial charge in [-0.25, -0.2) is 9.78 Å². The molecule has 3 heterocycles. The SMILES string of the molecule is [2H]C([2H])([2H])NC(=O)c1nnc(NC(=O)C2CC2)cc1Nc1cccc(-c2ncc(C(=O)N3CCN(C(=O)O)CC3)s2)c1OC. The summed E-state index contributed by atoms with van der Waals surface area (Å²) in [5, 5.41) is 25.0. The predicted molar refractivity (Wildman–Crippen MR) is 150 cm³/mol. The topological polar surface area (TPSA) is 179 Å². The van der Waals surface area contributed by atoms with Gasteiger partial charge in [-0.05, 0) is 25.0 Å². The molecule has 2 aliphatic rings. The maximum atomic E-state index is 13.1. The monoisotopic (exact) mass is 583 g/mol. The Labute approximate surface area is 242 Å². The summed E-state index contributed by atoms with van der Waals surface area (Å²) in [6.07, 6.45) is 1.95. The highest BCUT2D eigenvalue weighted by Gasteiger charge is 2.30. The molecule has 14 nitrogen and oxygen atoms in total. The van der Waals surface area contributed by atoms with Crippen molar-refractivity contribution in [2.75, 3.05) is 50.9 Å². The minimum Gasteiger partial charge on any atom is -0.494 e. The third-order valence-electron chi connectivity index (χ3n) is 6.59. The summed E-state index contributed by atoms with van der Waals surface area (Å²) in [5.41, 5.74) is 0.602. The highest BCUT2D eigenvalue weighted by atomic mass is 32.1. The van der Waals surface area contributed by atoms with E-state index >= 15 is 0 Å². The molecule has 0 radical (unpaired) electrons. The van der Waals surface area contributed by atoms with E-state index in [0.717, 1.165) is 24.2 Å². The first-order valence-corrected chi connectivity index (χ1v) is 13.4. The molecule has 2 aromatic heterocycles. The van der Waals surface area contributed by atoms with Crippen molar-refractivity contribution in [3.63, 3.8) is 0 Å². The smallest absolute Gasteiger partial charge is 0.407 e. The van der Waals surface area contributed by atoms with Crippen LogP contribution in [0.15, 0.2) is 30.5 Å². The number of carbonyl (C=O) groups excluding carboxylic acids is 3. The summed E-state index contributed by atoms with van der Waals surface area (Å²) < 4.78 is 27.9. The van der Waals surface area contributed by atoms with Crippen molar-refractivity contribution in [1.82, 2.24) is 30.3 Å². The van der Waals surface area contributed by atoms with Crippen LogP contribution in [0.3, 0.4) is 0 Å². The third kappa shape index (κ3) is 6.04. The number of para-hydroxylation sites is 1. The number of ether oxygens (including phenoxy) is 1. The number of piperazine rings is 1. The number of anilines is 3. The Morgan fingerprint density at radius 1 is 1.10 bits per heavy atom. The third-order valence-corrected chi connectivity index (χ3v) is 7.61. The van der Waals surface area contributed by atoms with Gasteiger partial charge in [-0.2, -0.15) is 0 Å². The first-order valence-electron chi connectivity index (χ1n) is 14.1. The molecule has 0 spiro atoms. The first-order chi connectivity index (χ1) is 20.9. The fourth-order valence-electron chi connectivity index (χ4n) is 4.27. The largest absolute Gasteiger partial charge is 0.494 e. The molecule has 1 aliphatic heterocycles. The van der Waals surface area contributed by atoms with Crippen molar-refractivity contribution in [2.24, 2.45) is 5.92 Å². The van der Waals surface area contributed by atoms with E-state index < -0.39 is 19.0 Å². The standard InChI is InChI=1S/C26H28N8O6S/c1-27-23(36)20-17(12-19(31-32-20)30-22(35)14-6-7-14)29-16-5-3-4-15(21(16)40-2)24-28-13-18(41-24)25(37)33-8-10-34(11-9-33)26(38)39/h3-5,12-14H,6-11H2,1-2H3,(H,27,36)(H,38,39)(H2,29,30,31,35)/i1D3. The Balaban J connectivity index is 1.42. The molecule has 214 valence electrons. The molecular formula is C26H28N8O6S. The van der Waals surface area contributed by atoms with E-state index in [1.807, 2.05) is 5.32 Å². The van der Waals surface area contributed by atoms with Crippen molar-refractivity contribution in [3.8, 4) is 16.3 Å². The number of carbonyl (C=O) groups is 4. The average Bonchev–Trinajstić information content (AvgIpc) is 3.72. The molecule has 4 N–H and O–H groups in total. The van der Waals surface area contributed by atoms with Gasteiger partial charge in [0.15, 0.2) is 17.3 Å². The Morgan fingerprint density at radius 3 is 2.54 bits per heavy atom. The zero-order valence-electron chi connectivity index (χ0n) is 24.8. The molecule has 0 bridgehead atoms. The number of aromatic nitrogens is 3. The number of benzene rings is 1. The van der Waals surface area contributed by atoms with Gasteiger partial charge in [0.05, 0.1) is 30.2 Å². The molecule has 1 aliphatic carbocycles. The molecule has 41 heavy (non-hydrogen) atoms. The van der Waals surface area contributed by atoms with Crippen molar-refractivity contribution >= 4 is 52.3 Å². The van der Waals surface area contributed by atoms with Gasteiger partial charge < -0.3 is 35.6 Å². The summed E-state index contributed by atoms with van der Waals surface area (Å²) in [6.45, 7) is -1.81. The highest BCUT2D eigenvalue weighted by Crippen LogP contribution is 2.40. The molecule has 0 atom stereocenters. The van der Waals surface area contributed by atoms with E-state index in [1.165, 1.54) is 24.3 Å². The van der Waals surface area contributed by atoms with Crippen LogP contribution in [0.4, 0.5) is 22.0 Å². The molecule has 1 saturated carbocycles. The Hall–Kier alpha value is -4.79. The van der Waals surface area contributed by atoms with Crippen LogP contribution in [0, 0.1) is 5.92 Å². The lowest BCUT2D eigenvalue weighted by atomic mass is 10.1. The number of rotatable bonds is 8. The Morgan fingerprint density at radius 2 is 1.85 bits per heavy atom. The van der Waals surface area contributed by atoms with Crippen LogP contribution in [-0.4, -0.2) is 94.2 Å². The number of thiazole rings is 1. The van der Waals surface area contributed by atoms with Crippen LogP contribution in [-0.2, 0) is 4.79 Å². The molecule has 15 heteroatoms. The molecule has 5 rings (SSSR count). The summed E-state index contributed by atoms with van der Waals surface area (Å²) in [7, 11) is 1.43. The van der Waals surface area contributed by atoms with E-state index in [1.54, 1.807) is 23.1 Å². The molecule has 1 saturated heterocycles. The van der Waals surface area contributed by atoms with Crippen LogP contribution < -0.4 is 20.7 Å². The maximum absolute atomic E-state index is 13.1. The van der Waals surface area contributed by atoms with Gasteiger partial charge >= 0.3 is 6.09 Å². The number of hydrogen-bond acceptors (Lipinski definition) is 10. The van der Waals surface area contributed by atoms with Crippen LogP contribution in [0.5, 0.6) is 5.75 Å². The number of hydrogen-bond donors (Lipinski definition) is 4. The minimum absolute atomic E-state index is 0.0544. The van der Waals surface area contributed by atoms with E-state index in [4.69, 9.17) is 14.0 Å². The highest BCUT2D eigenvalue weighted by molar-refractivity contribution is 7.17. The minimum atomic E-state index is -2.78. The van der Waals surface area contributed by atoms with Gasteiger partial charge in [0.25, 0.3) is 11.8 Å². The molecular weight excluding hydrogens is 552 g/mol. The van der Waals surface area contributed by atoms with Crippen molar-refractivity contribution in [1.29, 1.82) is 0 Å². The lowest BCUT2D eigenvalue weighted by Gasteiger charge is -2.32. The Bertz CT molecular complexity index is 1600. The van der Waals surface area contributed by atoms with Gasteiger partial charge in [-0.15, -0.1) is 21.5 Å². The second-order valence-electron chi connectivity index (χ2n) is 9.31. The van der Waals surface area contributed by atoms with Crippen LogP contribution in [0.25, 0.3) is 10.6 Å². The van der Waals surface area contributed by atoms with Crippen molar-refractivity contribution in [3.05, 3.63) is 41.0 Å². The molecule has 1 aromatic carbocycles. The summed E-state index contributed by atoms with van der Waals surface area (Å²) in [5.74, 6) is -1.26. The summed E-state index contributed by atoms with van der Waals surface area (Å²) in [6, 6.07) is 6.45. The zero-order chi connectivity index (χ0) is 31.6. The van der Waals surface area contributed by atoms with Crippen molar-refractivity contribution < 1.29 is 33.1 Å². The van der Waals surface area contributed by atoms with Crippen LogP contribution in [0.1, 0.15) is 37.1 Å². The number of nitrogens with zero attached hydrogens (tertiary/aromatic N) is 5. The fourth-order valence-corrected chi connectivity index (χ4v) is 5.18. The van der Waals surface area contributed by atoms with E-state index in [0.29, 0.717) is 26.9 Å². The number of carboxylic acid groups (broad SMARTS) is 1. The molecule has 4 amide bonds.